The van der Waals surface area contributed by atoms with Gasteiger partial charge in [-0.2, -0.15) is 0 Å². The Morgan fingerprint density at radius 3 is 2.87 bits per heavy atom. The van der Waals surface area contributed by atoms with Crippen molar-refractivity contribution < 1.29 is 23.8 Å². The van der Waals surface area contributed by atoms with Crippen LogP contribution in [-0.2, 0) is 9.53 Å². The minimum atomic E-state index is -0.820. The van der Waals surface area contributed by atoms with Gasteiger partial charge in [-0.25, -0.2) is 0 Å². The fourth-order valence-electron chi connectivity index (χ4n) is 3.60. The van der Waals surface area contributed by atoms with Crippen molar-refractivity contribution in [3.8, 4) is 0 Å². The third-order valence-electron chi connectivity index (χ3n) is 4.97. The first-order chi connectivity index (χ1) is 14.5. The molecule has 7 nitrogen and oxygen atoms in total. The second-order valence-corrected chi connectivity index (χ2v) is 7.32. The maximum Gasteiger partial charge on any atom is 0.290 e. The molecule has 1 N–H and O–H groups in total. The number of furan rings is 1. The lowest BCUT2D eigenvalue weighted by Crippen LogP contribution is -2.33. The first kappa shape index (κ1) is 20.1. The summed E-state index contributed by atoms with van der Waals surface area (Å²) in [6.07, 6.45) is 2.12. The molecule has 3 aromatic rings. The van der Waals surface area contributed by atoms with Gasteiger partial charge < -0.3 is 19.2 Å². The molecule has 0 saturated heterocycles. The molecule has 0 saturated carbocycles. The van der Waals surface area contributed by atoms with Crippen LogP contribution < -0.4 is 0 Å². The molecule has 1 aliphatic heterocycles. The van der Waals surface area contributed by atoms with Crippen LogP contribution in [0.5, 0.6) is 0 Å². The fourth-order valence-corrected chi connectivity index (χ4v) is 3.78. The number of ketones is 1. The molecule has 1 atom stereocenters. The van der Waals surface area contributed by atoms with E-state index >= 15 is 0 Å². The van der Waals surface area contributed by atoms with E-state index in [9.17, 15) is 14.7 Å². The molecule has 1 aliphatic rings. The number of carbonyl (C=O) groups excluding carboxylic acids is 2. The SMILES string of the molecule is COCCCN1C(=O)C(O)=C(C(=O)c2cc3cc(Cl)ccc3o2)C1c1ccccn1. The number of ether oxygens (including phenoxy) is 1. The highest BCUT2D eigenvalue weighted by Crippen LogP contribution is 2.39. The van der Waals surface area contributed by atoms with Crippen LogP contribution >= 0.6 is 11.6 Å². The summed E-state index contributed by atoms with van der Waals surface area (Å²) >= 11 is 6.01. The van der Waals surface area contributed by atoms with Gasteiger partial charge in [0.25, 0.3) is 5.91 Å². The van der Waals surface area contributed by atoms with Crippen LogP contribution in [0, 0.1) is 0 Å². The maximum atomic E-state index is 13.3. The molecule has 1 aromatic carbocycles. The Labute approximate surface area is 177 Å². The number of pyridine rings is 1. The molecule has 0 bridgehead atoms. The van der Waals surface area contributed by atoms with Gasteiger partial charge in [-0.05, 0) is 42.8 Å². The highest BCUT2D eigenvalue weighted by molar-refractivity contribution is 6.31. The molecule has 1 unspecified atom stereocenters. The predicted octanol–water partition coefficient (Wildman–Crippen LogP) is 4.10. The number of hydrogen-bond acceptors (Lipinski definition) is 6. The Bertz CT molecular complexity index is 1140. The smallest absolute Gasteiger partial charge is 0.290 e. The summed E-state index contributed by atoms with van der Waals surface area (Å²) in [7, 11) is 1.57. The third-order valence-corrected chi connectivity index (χ3v) is 5.20. The third kappa shape index (κ3) is 3.58. The summed E-state index contributed by atoms with van der Waals surface area (Å²) in [4.78, 5) is 31.9. The van der Waals surface area contributed by atoms with Gasteiger partial charge in [-0.1, -0.05) is 17.7 Å². The number of methoxy groups -OCH3 is 1. The molecular formula is C22H19ClN2O5. The molecular weight excluding hydrogens is 408 g/mol. The van der Waals surface area contributed by atoms with E-state index in [0.29, 0.717) is 41.3 Å². The average molecular weight is 427 g/mol. The Kier molecular flexibility index (Phi) is 5.57. The van der Waals surface area contributed by atoms with Gasteiger partial charge in [0.05, 0.1) is 11.3 Å². The second-order valence-electron chi connectivity index (χ2n) is 6.89. The summed E-state index contributed by atoms with van der Waals surface area (Å²) in [6, 6.07) is 11.0. The van der Waals surface area contributed by atoms with Gasteiger partial charge in [0, 0.05) is 36.9 Å². The van der Waals surface area contributed by atoms with Crippen molar-refractivity contribution >= 4 is 34.3 Å². The molecule has 0 fully saturated rings. The van der Waals surface area contributed by atoms with Gasteiger partial charge in [-0.3, -0.25) is 14.6 Å². The molecule has 0 radical (unpaired) electrons. The second kappa shape index (κ2) is 8.30. The minimum absolute atomic E-state index is 0.0151. The van der Waals surface area contributed by atoms with Crippen molar-refractivity contribution in [2.24, 2.45) is 0 Å². The van der Waals surface area contributed by atoms with Crippen molar-refractivity contribution in [1.29, 1.82) is 0 Å². The van der Waals surface area contributed by atoms with Crippen molar-refractivity contribution in [3.63, 3.8) is 0 Å². The quantitative estimate of drug-likeness (QED) is 0.451. The molecule has 154 valence electrons. The van der Waals surface area contributed by atoms with Gasteiger partial charge >= 0.3 is 0 Å². The first-order valence-electron chi connectivity index (χ1n) is 9.39. The van der Waals surface area contributed by atoms with Crippen molar-refractivity contribution in [3.05, 3.63) is 76.5 Å². The van der Waals surface area contributed by atoms with Crippen LogP contribution in [0.1, 0.15) is 28.7 Å². The normalized spacial score (nSPS) is 16.7. The number of hydrogen-bond donors (Lipinski definition) is 1. The van der Waals surface area contributed by atoms with E-state index in [1.807, 2.05) is 0 Å². The molecule has 3 heterocycles. The van der Waals surface area contributed by atoms with Gasteiger partial charge in [-0.15, -0.1) is 0 Å². The number of rotatable bonds is 7. The van der Waals surface area contributed by atoms with Crippen LogP contribution in [0.4, 0.5) is 0 Å². The van der Waals surface area contributed by atoms with Crippen LogP contribution in [0.3, 0.4) is 0 Å². The Morgan fingerprint density at radius 2 is 2.13 bits per heavy atom. The number of Topliss-reactive ketones (excluding diaryl/α,β-unsaturated/α-hetero) is 1. The van der Waals surface area contributed by atoms with Crippen LogP contribution in [0.2, 0.25) is 5.02 Å². The largest absolute Gasteiger partial charge is 0.503 e. The summed E-state index contributed by atoms with van der Waals surface area (Å²) in [5, 5.41) is 11.8. The van der Waals surface area contributed by atoms with E-state index in [2.05, 4.69) is 4.98 Å². The van der Waals surface area contributed by atoms with E-state index in [1.165, 1.54) is 4.90 Å². The fraction of sp³-hybridized carbons (Fsp3) is 0.227. The van der Waals surface area contributed by atoms with Crippen LogP contribution in [0.15, 0.2) is 64.4 Å². The summed E-state index contributed by atoms with van der Waals surface area (Å²) in [5.74, 6) is -1.77. The molecule has 2 aromatic heterocycles. The number of halogens is 1. The highest BCUT2D eigenvalue weighted by Gasteiger charge is 2.44. The molecule has 1 amide bonds. The average Bonchev–Trinajstić information content (AvgIpc) is 3.28. The summed E-state index contributed by atoms with van der Waals surface area (Å²) in [5.41, 5.74) is 0.912. The number of carbonyl (C=O) groups is 2. The van der Waals surface area contributed by atoms with E-state index in [-0.39, 0.29) is 11.3 Å². The topological polar surface area (TPSA) is 92.9 Å². The Balaban J connectivity index is 1.76. The van der Waals surface area contributed by atoms with E-state index in [0.717, 1.165) is 0 Å². The van der Waals surface area contributed by atoms with E-state index in [1.54, 1.807) is 55.8 Å². The molecule has 0 aliphatic carbocycles. The number of aromatic nitrogens is 1. The number of benzene rings is 1. The molecule has 8 heteroatoms. The zero-order chi connectivity index (χ0) is 21.3. The monoisotopic (exact) mass is 426 g/mol. The Morgan fingerprint density at radius 1 is 1.30 bits per heavy atom. The lowest BCUT2D eigenvalue weighted by atomic mass is 9.98. The van der Waals surface area contributed by atoms with Crippen molar-refractivity contribution in [1.82, 2.24) is 9.88 Å². The Hall–Kier alpha value is -3.16. The molecule has 30 heavy (non-hydrogen) atoms. The van der Waals surface area contributed by atoms with Crippen LogP contribution in [-0.4, -0.2) is 46.9 Å². The molecule has 4 rings (SSSR count). The van der Waals surface area contributed by atoms with Crippen molar-refractivity contribution in [2.75, 3.05) is 20.3 Å². The van der Waals surface area contributed by atoms with Gasteiger partial charge in [0.2, 0.25) is 5.78 Å². The van der Waals surface area contributed by atoms with Gasteiger partial charge in [0.1, 0.15) is 11.6 Å². The number of fused-ring (bicyclic) bond motifs is 1. The lowest BCUT2D eigenvalue weighted by molar-refractivity contribution is -0.129. The zero-order valence-electron chi connectivity index (χ0n) is 16.2. The standard InChI is InChI=1S/C22H19ClN2O5/c1-29-10-4-9-25-19(15-5-2-3-8-24-15)18(21(27)22(25)28)20(26)17-12-13-11-14(23)6-7-16(13)30-17/h2-3,5-8,11-12,19,27H,4,9-10H2,1H3. The van der Waals surface area contributed by atoms with E-state index in [4.69, 9.17) is 20.8 Å². The number of nitrogens with zero attached hydrogens (tertiary/aromatic N) is 2. The first-order valence-corrected chi connectivity index (χ1v) is 9.77. The van der Waals surface area contributed by atoms with Crippen LogP contribution in [0.25, 0.3) is 11.0 Å². The van der Waals surface area contributed by atoms with Crippen molar-refractivity contribution in [2.45, 2.75) is 12.5 Å². The summed E-state index contributed by atoms with van der Waals surface area (Å²) < 4.78 is 10.7. The van der Waals surface area contributed by atoms with E-state index < -0.39 is 23.5 Å². The van der Waals surface area contributed by atoms with Gasteiger partial charge in [0.15, 0.2) is 11.5 Å². The summed E-state index contributed by atoms with van der Waals surface area (Å²) in [6.45, 7) is 0.734. The lowest BCUT2D eigenvalue weighted by Gasteiger charge is -2.25. The number of aliphatic hydroxyl groups excluding tert-OH is 1. The number of amides is 1. The molecule has 0 spiro atoms. The zero-order valence-corrected chi connectivity index (χ0v) is 16.9. The maximum absolute atomic E-state index is 13.3. The number of aliphatic hydroxyl groups is 1. The highest BCUT2D eigenvalue weighted by atomic mass is 35.5. The predicted molar refractivity (Wildman–Crippen MR) is 110 cm³/mol. The minimum Gasteiger partial charge on any atom is -0.503 e.